The lowest BCUT2D eigenvalue weighted by atomic mass is 9.77. The first-order valence-corrected chi connectivity index (χ1v) is 8.64. The third-order valence-electron chi connectivity index (χ3n) is 5.05. The maximum absolute atomic E-state index is 12.8. The highest BCUT2D eigenvalue weighted by molar-refractivity contribution is 5.83. The Kier molecular flexibility index (Phi) is 5.48. The first-order valence-electron chi connectivity index (χ1n) is 8.64. The predicted octanol–water partition coefficient (Wildman–Crippen LogP) is 1.53. The second-order valence-corrected chi connectivity index (χ2v) is 7.74. The van der Waals surface area contributed by atoms with Gasteiger partial charge in [0.2, 0.25) is 11.8 Å². The zero-order valence-electron chi connectivity index (χ0n) is 14.4. The topological polar surface area (TPSA) is 61.4 Å². The molecule has 0 bridgehead atoms. The molecule has 5 heteroatoms. The molecular formula is C17H31N3O2. The molecule has 2 saturated heterocycles. The van der Waals surface area contributed by atoms with E-state index in [-0.39, 0.29) is 35.2 Å². The molecule has 2 rings (SSSR count). The van der Waals surface area contributed by atoms with E-state index >= 15 is 0 Å². The van der Waals surface area contributed by atoms with Gasteiger partial charge in [-0.05, 0) is 37.6 Å². The van der Waals surface area contributed by atoms with Crippen LogP contribution in [0.4, 0.5) is 0 Å². The molecule has 0 aromatic rings. The summed E-state index contributed by atoms with van der Waals surface area (Å²) in [4.78, 5) is 26.5. The van der Waals surface area contributed by atoms with Crippen molar-refractivity contribution in [3.8, 4) is 0 Å². The number of piperidine rings is 2. The molecule has 2 heterocycles. The van der Waals surface area contributed by atoms with Crippen LogP contribution in [-0.4, -0.2) is 48.4 Å². The Balaban J connectivity index is 1.86. The van der Waals surface area contributed by atoms with Crippen molar-refractivity contribution in [2.75, 3.05) is 19.6 Å². The van der Waals surface area contributed by atoms with Crippen LogP contribution in [0.3, 0.4) is 0 Å². The van der Waals surface area contributed by atoms with Gasteiger partial charge in [0.1, 0.15) is 0 Å². The van der Waals surface area contributed by atoms with Crippen LogP contribution in [0.15, 0.2) is 0 Å². The van der Waals surface area contributed by atoms with Crippen molar-refractivity contribution in [2.24, 2.45) is 11.3 Å². The van der Waals surface area contributed by atoms with Crippen LogP contribution in [0.1, 0.15) is 53.4 Å². The number of carbonyl (C=O) groups excluding carboxylic acids is 2. The molecule has 2 N–H and O–H groups in total. The number of rotatable bonds is 3. The van der Waals surface area contributed by atoms with Crippen LogP contribution in [0.25, 0.3) is 0 Å². The molecule has 1 unspecified atom stereocenters. The second-order valence-electron chi connectivity index (χ2n) is 7.74. The van der Waals surface area contributed by atoms with Crippen molar-refractivity contribution >= 4 is 11.8 Å². The van der Waals surface area contributed by atoms with Crippen molar-refractivity contribution in [2.45, 2.75) is 65.5 Å². The highest BCUT2D eigenvalue weighted by atomic mass is 16.2. The predicted molar refractivity (Wildman–Crippen MR) is 87.4 cm³/mol. The normalized spacial score (nSPS) is 26.0. The molecule has 0 aromatic heterocycles. The van der Waals surface area contributed by atoms with Crippen molar-refractivity contribution in [3.05, 3.63) is 0 Å². The van der Waals surface area contributed by atoms with Gasteiger partial charge in [-0.3, -0.25) is 9.59 Å². The smallest absolute Gasteiger partial charge is 0.240 e. The van der Waals surface area contributed by atoms with E-state index in [0.29, 0.717) is 0 Å². The third kappa shape index (κ3) is 4.00. The highest BCUT2D eigenvalue weighted by Gasteiger charge is 2.39. The summed E-state index contributed by atoms with van der Waals surface area (Å²) in [5.74, 6) is 0.366. The molecule has 1 atom stereocenters. The average molecular weight is 309 g/mol. The van der Waals surface area contributed by atoms with Crippen LogP contribution in [0, 0.1) is 11.3 Å². The van der Waals surface area contributed by atoms with Crippen LogP contribution >= 0.6 is 0 Å². The van der Waals surface area contributed by atoms with E-state index in [1.165, 1.54) is 0 Å². The summed E-state index contributed by atoms with van der Waals surface area (Å²) in [5.41, 5.74) is 0.0258. The molecule has 126 valence electrons. The monoisotopic (exact) mass is 309 g/mol. The average Bonchev–Trinajstić information content (AvgIpc) is 2.46. The van der Waals surface area contributed by atoms with Crippen LogP contribution < -0.4 is 10.6 Å². The number of carbonyl (C=O) groups is 2. The molecular weight excluding hydrogens is 278 g/mol. The van der Waals surface area contributed by atoms with Gasteiger partial charge >= 0.3 is 0 Å². The van der Waals surface area contributed by atoms with Crippen molar-refractivity contribution < 1.29 is 9.59 Å². The van der Waals surface area contributed by atoms with Gasteiger partial charge in [-0.1, -0.05) is 27.7 Å². The Morgan fingerprint density at radius 3 is 2.41 bits per heavy atom. The van der Waals surface area contributed by atoms with Gasteiger partial charge < -0.3 is 15.5 Å². The lowest BCUT2D eigenvalue weighted by molar-refractivity contribution is -0.138. The van der Waals surface area contributed by atoms with Gasteiger partial charge in [-0.15, -0.1) is 0 Å². The highest BCUT2D eigenvalue weighted by Crippen LogP contribution is 2.31. The molecule has 2 aliphatic heterocycles. The lowest BCUT2D eigenvalue weighted by Crippen LogP contribution is -2.58. The molecule has 2 aliphatic rings. The Bertz CT molecular complexity index is 412. The van der Waals surface area contributed by atoms with Crippen molar-refractivity contribution in [1.29, 1.82) is 0 Å². The Labute approximate surface area is 134 Å². The van der Waals surface area contributed by atoms with Crippen LogP contribution in [0.5, 0.6) is 0 Å². The van der Waals surface area contributed by atoms with E-state index in [1.807, 2.05) is 18.7 Å². The van der Waals surface area contributed by atoms with E-state index < -0.39 is 0 Å². The summed E-state index contributed by atoms with van der Waals surface area (Å²) in [6, 6.07) is 0.148. The van der Waals surface area contributed by atoms with Gasteiger partial charge in [-0.2, -0.15) is 0 Å². The van der Waals surface area contributed by atoms with E-state index in [0.717, 1.165) is 45.3 Å². The fourth-order valence-electron chi connectivity index (χ4n) is 3.43. The quantitative estimate of drug-likeness (QED) is 0.831. The summed E-state index contributed by atoms with van der Waals surface area (Å²) in [7, 11) is 0. The number of likely N-dealkylation sites (tertiary alicyclic amines) is 1. The van der Waals surface area contributed by atoms with Gasteiger partial charge in [0.15, 0.2) is 0 Å². The SMILES string of the molecule is CC(C)C(=O)NC1CCN(C(=O)C2NCCCC2(C)C)CC1. The van der Waals surface area contributed by atoms with E-state index in [2.05, 4.69) is 24.5 Å². The molecule has 22 heavy (non-hydrogen) atoms. The Morgan fingerprint density at radius 1 is 1.23 bits per heavy atom. The van der Waals surface area contributed by atoms with E-state index in [1.54, 1.807) is 0 Å². The maximum Gasteiger partial charge on any atom is 0.240 e. The van der Waals surface area contributed by atoms with E-state index in [4.69, 9.17) is 0 Å². The fraction of sp³-hybridized carbons (Fsp3) is 0.882. The first kappa shape index (κ1) is 17.3. The standard InChI is InChI=1S/C17H31N3O2/c1-12(2)15(21)19-13-6-10-20(11-7-13)16(22)14-17(3,4)8-5-9-18-14/h12-14,18H,5-11H2,1-4H3,(H,19,21). The number of nitrogens with one attached hydrogen (secondary N) is 2. The molecule has 0 aliphatic carbocycles. The minimum Gasteiger partial charge on any atom is -0.353 e. The lowest BCUT2D eigenvalue weighted by Gasteiger charge is -2.42. The first-order chi connectivity index (χ1) is 10.3. The molecule has 0 saturated carbocycles. The zero-order valence-corrected chi connectivity index (χ0v) is 14.4. The maximum atomic E-state index is 12.8. The molecule has 0 radical (unpaired) electrons. The van der Waals surface area contributed by atoms with Gasteiger partial charge in [0, 0.05) is 25.0 Å². The summed E-state index contributed by atoms with van der Waals surface area (Å²) in [6.45, 7) is 10.6. The number of amides is 2. The summed E-state index contributed by atoms with van der Waals surface area (Å²) >= 11 is 0. The molecule has 2 fully saturated rings. The zero-order chi connectivity index (χ0) is 16.3. The number of nitrogens with zero attached hydrogens (tertiary/aromatic N) is 1. The minimum atomic E-state index is -0.0666. The van der Waals surface area contributed by atoms with Gasteiger partial charge in [0.05, 0.1) is 6.04 Å². The van der Waals surface area contributed by atoms with E-state index in [9.17, 15) is 9.59 Å². The van der Waals surface area contributed by atoms with Gasteiger partial charge in [0.25, 0.3) is 0 Å². The Morgan fingerprint density at radius 2 is 1.86 bits per heavy atom. The summed E-state index contributed by atoms with van der Waals surface area (Å²) < 4.78 is 0. The van der Waals surface area contributed by atoms with Crippen LogP contribution in [0.2, 0.25) is 0 Å². The third-order valence-corrected chi connectivity index (χ3v) is 5.05. The minimum absolute atomic E-state index is 0.0203. The molecule has 5 nitrogen and oxygen atoms in total. The molecule has 0 spiro atoms. The van der Waals surface area contributed by atoms with Crippen molar-refractivity contribution in [3.63, 3.8) is 0 Å². The number of hydrogen-bond donors (Lipinski definition) is 2. The summed E-state index contributed by atoms with van der Waals surface area (Å²) in [5, 5.41) is 6.48. The summed E-state index contributed by atoms with van der Waals surface area (Å²) in [6.07, 6.45) is 3.95. The van der Waals surface area contributed by atoms with Gasteiger partial charge in [-0.25, -0.2) is 0 Å². The largest absolute Gasteiger partial charge is 0.353 e. The molecule has 0 aromatic carbocycles. The van der Waals surface area contributed by atoms with Crippen molar-refractivity contribution in [1.82, 2.24) is 15.5 Å². The number of hydrogen-bond acceptors (Lipinski definition) is 3. The fourth-order valence-corrected chi connectivity index (χ4v) is 3.43. The molecule has 2 amide bonds. The van der Waals surface area contributed by atoms with Crippen LogP contribution in [-0.2, 0) is 9.59 Å². The Hall–Kier alpha value is -1.10. The second kappa shape index (κ2) is 6.99.